The van der Waals surface area contributed by atoms with Gasteiger partial charge in [-0.05, 0) is 18.8 Å². The van der Waals surface area contributed by atoms with E-state index in [1.807, 2.05) is 0 Å². The molecule has 0 N–H and O–H groups in total. The molecule has 3 heteroatoms. The van der Waals surface area contributed by atoms with Crippen LogP contribution in [0, 0.1) is 17.8 Å². The van der Waals surface area contributed by atoms with E-state index in [9.17, 15) is 9.18 Å². The third-order valence-electron chi connectivity index (χ3n) is 3.39. The normalized spacial score (nSPS) is 58.6. The molecule has 1 heterocycles. The Morgan fingerprint density at radius 1 is 1.45 bits per heavy atom. The zero-order chi connectivity index (χ0) is 7.59. The lowest BCUT2D eigenvalue weighted by Gasteiger charge is -2.17. The predicted molar refractivity (Wildman–Crippen MR) is 34.5 cm³/mol. The summed E-state index contributed by atoms with van der Waals surface area (Å²) < 4.78 is 18.1. The van der Waals surface area contributed by atoms with Gasteiger partial charge in [-0.3, -0.25) is 4.79 Å². The fourth-order valence-electron chi connectivity index (χ4n) is 2.88. The fourth-order valence-corrected chi connectivity index (χ4v) is 2.88. The van der Waals surface area contributed by atoms with Crippen molar-refractivity contribution in [3.8, 4) is 0 Å². The Morgan fingerprint density at radius 2 is 2.27 bits per heavy atom. The number of alkyl halides is 1. The van der Waals surface area contributed by atoms with Crippen molar-refractivity contribution in [2.75, 3.05) is 0 Å². The van der Waals surface area contributed by atoms with Gasteiger partial charge in [-0.25, -0.2) is 4.39 Å². The highest BCUT2D eigenvalue weighted by atomic mass is 19.1. The van der Waals surface area contributed by atoms with Crippen LogP contribution in [0.1, 0.15) is 12.8 Å². The van der Waals surface area contributed by atoms with Crippen molar-refractivity contribution in [3.63, 3.8) is 0 Å². The van der Waals surface area contributed by atoms with E-state index in [1.54, 1.807) is 0 Å². The molecule has 5 atom stereocenters. The van der Waals surface area contributed by atoms with Crippen molar-refractivity contribution in [2.45, 2.75) is 25.1 Å². The Balaban J connectivity index is 2.04. The summed E-state index contributed by atoms with van der Waals surface area (Å²) in [6.07, 6.45) is 0.387. The van der Waals surface area contributed by atoms with E-state index in [0.29, 0.717) is 0 Å². The fraction of sp³-hybridized carbons (Fsp3) is 0.875. The molecular weight excluding hydrogens is 147 g/mol. The zero-order valence-electron chi connectivity index (χ0n) is 6.00. The first-order valence-corrected chi connectivity index (χ1v) is 4.12. The predicted octanol–water partition coefficient (Wildman–Crippen LogP) is 0.906. The Morgan fingerprint density at radius 3 is 2.91 bits per heavy atom. The Kier molecular flexibility index (Phi) is 0.866. The highest BCUT2D eigenvalue weighted by Gasteiger charge is 2.62. The van der Waals surface area contributed by atoms with E-state index < -0.39 is 6.17 Å². The van der Waals surface area contributed by atoms with Crippen LogP contribution in [-0.4, -0.2) is 18.2 Å². The van der Waals surface area contributed by atoms with Gasteiger partial charge in [0.05, 0.1) is 5.92 Å². The summed E-state index contributed by atoms with van der Waals surface area (Å²) in [5.41, 5.74) is 0. The van der Waals surface area contributed by atoms with Gasteiger partial charge in [-0.15, -0.1) is 0 Å². The van der Waals surface area contributed by atoms with Crippen LogP contribution in [0.2, 0.25) is 0 Å². The average molecular weight is 156 g/mol. The SMILES string of the molecule is O=C1OC2C(F)C3CC1C2C3. The number of esters is 1. The summed E-state index contributed by atoms with van der Waals surface area (Å²) in [6, 6.07) is 0. The van der Waals surface area contributed by atoms with Gasteiger partial charge in [-0.2, -0.15) is 0 Å². The van der Waals surface area contributed by atoms with Crippen molar-refractivity contribution in [3.05, 3.63) is 0 Å². The molecule has 0 amide bonds. The molecule has 1 aliphatic heterocycles. The molecule has 0 radical (unpaired) electrons. The number of ether oxygens (including phenoxy) is 1. The van der Waals surface area contributed by atoms with Crippen LogP contribution in [0.15, 0.2) is 0 Å². The molecule has 0 aromatic rings. The number of halogens is 1. The van der Waals surface area contributed by atoms with E-state index in [4.69, 9.17) is 4.74 Å². The van der Waals surface area contributed by atoms with Gasteiger partial charge < -0.3 is 4.74 Å². The highest BCUT2D eigenvalue weighted by Crippen LogP contribution is 2.55. The molecule has 3 rings (SSSR count). The van der Waals surface area contributed by atoms with E-state index >= 15 is 0 Å². The minimum atomic E-state index is -0.859. The van der Waals surface area contributed by atoms with Gasteiger partial charge >= 0.3 is 5.97 Å². The molecule has 0 spiro atoms. The first-order chi connectivity index (χ1) is 5.27. The number of hydrogen-bond donors (Lipinski definition) is 0. The summed E-state index contributed by atoms with van der Waals surface area (Å²) in [6.45, 7) is 0. The van der Waals surface area contributed by atoms with Crippen molar-refractivity contribution in [1.82, 2.24) is 0 Å². The molecule has 2 bridgehead atoms. The van der Waals surface area contributed by atoms with Gasteiger partial charge in [0, 0.05) is 5.92 Å². The van der Waals surface area contributed by atoms with Crippen LogP contribution in [0.5, 0.6) is 0 Å². The van der Waals surface area contributed by atoms with Crippen LogP contribution in [0.25, 0.3) is 0 Å². The molecule has 2 aliphatic carbocycles. The van der Waals surface area contributed by atoms with E-state index in [-0.39, 0.29) is 29.8 Å². The second-order valence-electron chi connectivity index (χ2n) is 3.85. The van der Waals surface area contributed by atoms with Crippen LogP contribution in [-0.2, 0) is 9.53 Å². The highest BCUT2D eigenvalue weighted by molar-refractivity contribution is 5.76. The summed E-state index contributed by atoms with van der Waals surface area (Å²) >= 11 is 0. The van der Waals surface area contributed by atoms with Crippen LogP contribution in [0.4, 0.5) is 4.39 Å². The van der Waals surface area contributed by atoms with Crippen molar-refractivity contribution in [2.24, 2.45) is 17.8 Å². The summed E-state index contributed by atoms with van der Waals surface area (Å²) in [4.78, 5) is 11.0. The lowest BCUT2D eigenvalue weighted by atomic mass is 9.89. The van der Waals surface area contributed by atoms with Crippen molar-refractivity contribution in [1.29, 1.82) is 0 Å². The standard InChI is InChI=1S/C8H9FO2/c9-6-3-1-4-5(2-3)8(10)11-7(4)6/h3-7H,1-2H2. The molecule has 60 valence electrons. The summed E-state index contributed by atoms with van der Waals surface area (Å²) in [7, 11) is 0. The quantitative estimate of drug-likeness (QED) is 0.487. The van der Waals surface area contributed by atoms with E-state index in [2.05, 4.69) is 0 Å². The van der Waals surface area contributed by atoms with Crippen LogP contribution < -0.4 is 0 Å². The van der Waals surface area contributed by atoms with Gasteiger partial charge in [-0.1, -0.05) is 0 Å². The summed E-state index contributed by atoms with van der Waals surface area (Å²) in [5, 5.41) is 0. The molecule has 0 aromatic carbocycles. The lowest BCUT2D eigenvalue weighted by molar-refractivity contribution is -0.144. The van der Waals surface area contributed by atoms with Crippen LogP contribution >= 0.6 is 0 Å². The minimum absolute atomic E-state index is 0.0528. The Labute approximate surface area is 63.7 Å². The molecular formula is C8H9FO2. The summed E-state index contributed by atoms with van der Waals surface area (Å²) in [5.74, 6) is 0.253. The first kappa shape index (κ1) is 5.98. The minimum Gasteiger partial charge on any atom is -0.459 e. The largest absolute Gasteiger partial charge is 0.459 e. The third-order valence-corrected chi connectivity index (χ3v) is 3.39. The second-order valence-corrected chi connectivity index (χ2v) is 3.85. The molecule has 2 nitrogen and oxygen atoms in total. The maximum absolute atomic E-state index is 13.2. The maximum Gasteiger partial charge on any atom is 0.309 e. The topological polar surface area (TPSA) is 26.3 Å². The number of fused-ring (bicyclic) bond motifs is 1. The van der Waals surface area contributed by atoms with E-state index in [0.717, 1.165) is 12.8 Å². The van der Waals surface area contributed by atoms with E-state index in [1.165, 1.54) is 0 Å². The Bertz CT molecular complexity index is 228. The van der Waals surface area contributed by atoms with Crippen molar-refractivity contribution >= 4 is 5.97 Å². The zero-order valence-corrected chi connectivity index (χ0v) is 6.00. The monoisotopic (exact) mass is 156 g/mol. The average Bonchev–Trinajstić information content (AvgIpc) is 2.53. The van der Waals surface area contributed by atoms with Gasteiger partial charge in [0.1, 0.15) is 12.3 Å². The number of rotatable bonds is 0. The van der Waals surface area contributed by atoms with Crippen molar-refractivity contribution < 1.29 is 13.9 Å². The van der Waals surface area contributed by atoms with Gasteiger partial charge in [0.25, 0.3) is 0 Å². The number of carbonyl (C=O) groups excluding carboxylic acids is 1. The number of hydrogen-bond acceptors (Lipinski definition) is 2. The Hall–Kier alpha value is -0.600. The molecule has 3 fully saturated rings. The van der Waals surface area contributed by atoms with Gasteiger partial charge in [0.2, 0.25) is 0 Å². The smallest absolute Gasteiger partial charge is 0.309 e. The molecule has 3 aliphatic rings. The van der Waals surface area contributed by atoms with Gasteiger partial charge in [0.15, 0.2) is 0 Å². The third kappa shape index (κ3) is 0.522. The molecule has 0 aromatic heterocycles. The van der Waals surface area contributed by atoms with Crippen LogP contribution in [0.3, 0.4) is 0 Å². The molecule has 5 unspecified atom stereocenters. The number of carbonyl (C=O) groups is 1. The maximum atomic E-state index is 13.2. The second kappa shape index (κ2) is 1.59. The molecule has 2 saturated carbocycles. The first-order valence-electron chi connectivity index (χ1n) is 4.12. The lowest BCUT2D eigenvalue weighted by Crippen LogP contribution is -2.27. The molecule has 11 heavy (non-hydrogen) atoms. The molecule has 1 saturated heterocycles.